The molecule has 0 aromatic heterocycles. The molecule has 0 aliphatic heterocycles. The average Bonchev–Trinajstić information content (AvgIpc) is 2.28. The summed E-state index contributed by atoms with van der Waals surface area (Å²) >= 11 is 1.59. The van der Waals surface area contributed by atoms with Gasteiger partial charge >= 0.3 is 0 Å². The molecular formula is C13H18N2S. The first kappa shape index (κ1) is 12.8. The summed E-state index contributed by atoms with van der Waals surface area (Å²) in [6.07, 6.45) is 0. The van der Waals surface area contributed by atoms with E-state index in [1.54, 1.807) is 16.8 Å². The molecule has 86 valence electrons. The van der Waals surface area contributed by atoms with Crippen molar-refractivity contribution in [3.05, 3.63) is 41.4 Å². The highest BCUT2D eigenvalue weighted by atomic mass is 32.2. The number of rotatable bonds is 5. The van der Waals surface area contributed by atoms with Crippen molar-refractivity contribution >= 4 is 18.5 Å². The van der Waals surface area contributed by atoms with E-state index in [1.807, 2.05) is 7.05 Å². The fourth-order valence-electron chi connectivity index (χ4n) is 1.20. The van der Waals surface area contributed by atoms with Gasteiger partial charge in [0, 0.05) is 18.7 Å². The summed E-state index contributed by atoms with van der Waals surface area (Å²) in [7, 11) is 1.84. The van der Waals surface area contributed by atoms with Crippen molar-refractivity contribution in [2.24, 2.45) is 5.10 Å². The molecule has 0 radical (unpaired) electrons. The van der Waals surface area contributed by atoms with E-state index in [-0.39, 0.29) is 0 Å². The Bertz CT molecular complexity index is 368. The second-order valence-electron chi connectivity index (χ2n) is 3.88. The molecule has 0 aliphatic carbocycles. The van der Waals surface area contributed by atoms with E-state index in [0.29, 0.717) is 5.92 Å². The number of nitrogens with zero attached hydrogens (tertiary/aromatic N) is 2. The Balaban J connectivity index is 2.69. The van der Waals surface area contributed by atoms with E-state index in [1.165, 1.54) is 10.5 Å². The average molecular weight is 234 g/mol. The van der Waals surface area contributed by atoms with Gasteiger partial charge in [0.25, 0.3) is 0 Å². The molecular weight excluding hydrogens is 216 g/mol. The van der Waals surface area contributed by atoms with Gasteiger partial charge < -0.3 is 0 Å². The molecule has 0 heterocycles. The van der Waals surface area contributed by atoms with Crippen LogP contribution in [0, 0.1) is 0 Å². The molecule has 0 fully saturated rings. The van der Waals surface area contributed by atoms with Gasteiger partial charge in [-0.3, -0.25) is 5.01 Å². The summed E-state index contributed by atoms with van der Waals surface area (Å²) in [4.78, 5) is 1.17. The molecule has 0 amide bonds. The van der Waals surface area contributed by atoms with E-state index in [9.17, 15) is 0 Å². The first-order valence-corrected chi connectivity index (χ1v) is 6.03. The van der Waals surface area contributed by atoms with Crippen LogP contribution in [0.25, 0.3) is 0 Å². The summed E-state index contributed by atoms with van der Waals surface area (Å²) in [6.45, 7) is 11.8. The maximum atomic E-state index is 3.93. The minimum Gasteiger partial charge on any atom is -0.263 e. The van der Waals surface area contributed by atoms with Gasteiger partial charge in [-0.15, -0.1) is 0 Å². The van der Waals surface area contributed by atoms with Gasteiger partial charge in [0.15, 0.2) is 0 Å². The highest BCUT2D eigenvalue weighted by Crippen LogP contribution is 2.28. The zero-order valence-corrected chi connectivity index (χ0v) is 10.9. The Labute approximate surface area is 102 Å². The van der Waals surface area contributed by atoms with Gasteiger partial charge in [-0.05, 0) is 23.6 Å². The third-order valence-electron chi connectivity index (χ3n) is 2.36. The standard InChI is InChI=1S/C13H18N2S/c1-10(2)12-6-8-13(9-7-12)16-11(3)15(5)14-4/h6-10H,3-4H2,1-2,5H3. The molecule has 0 bridgehead atoms. The quantitative estimate of drug-likeness (QED) is 0.436. The predicted molar refractivity (Wildman–Crippen MR) is 72.8 cm³/mol. The number of thioether (sulfide) groups is 1. The van der Waals surface area contributed by atoms with Gasteiger partial charge in [0.05, 0.1) is 5.03 Å². The van der Waals surface area contributed by atoms with Crippen LogP contribution < -0.4 is 0 Å². The lowest BCUT2D eigenvalue weighted by Gasteiger charge is -2.14. The van der Waals surface area contributed by atoms with Crippen molar-refractivity contribution < 1.29 is 0 Å². The molecule has 0 saturated carbocycles. The van der Waals surface area contributed by atoms with Gasteiger partial charge in [0.1, 0.15) is 0 Å². The third-order valence-corrected chi connectivity index (χ3v) is 3.36. The van der Waals surface area contributed by atoms with E-state index in [0.717, 1.165) is 5.03 Å². The Kier molecular flexibility index (Phi) is 4.62. The lowest BCUT2D eigenvalue weighted by molar-refractivity contribution is 0.485. The molecule has 1 rings (SSSR count). The van der Waals surface area contributed by atoms with Crippen LogP contribution in [-0.4, -0.2) is 18.8 Å². The van der Waals surface area contributed by atoms with Gasteiger partial charge in [-0.25, -0.2) is 0 Å². The fraction of sp³-hybridized carbons (Fsp3) is 0.308. The SMILES string of the molecule is C=NN(C)C(=C)Sc1ccc(C(C)C)cc1. The summed E-state index contributed by atoms with van der Waals surface area (Å²) < 4.78 is 0. The summed E-state index contributed by atoms with van der Waals surface area (Å²) in [6, 6.07) is 8.54. The topological polar surface area (TPSA) is 15.6 Å². The van der Waals surface area contributed by atoms with E-state index in [4.69, 9.17) is 0 Å². The molecule has 1 aromatic rings. The lowest BCUT2D eigenvalue weighted by Crippen LogP contribution is -2.05. The molecule has 0 saturated heterocycles. The molecule has 2 nitrogen and oxygen atoms in total. The number of hydrogen-bond donors (Lipinski definition) is 0. The van der Waals surface area contributed by atoms with Crippen LogP contribution in [-0.2, 0) is 0 Å². The van der Waals surface area contributed by atoms with Gasteiger partial charge in [-0.1, -0.05) is 44.3 Å². The van der Waals surface area contributed by atoms with Crippen LogP contribution in [0.2, 0.25) is 0 Å². The second kappa shape index (κ2) is 5.75. The van der Waals surface area contributed by atoms with Crippen molar-refractivity contribution in [2.75, 3.05) is 7.05 Å². The highest BCUT2D eigenvalue weighted by Gasteiger charge is 2.03. The fourth-order valence-corrected chi connectivity index (χ4v) is 1.94. The predicted octanol–water partition coefficient (Wildman–Crippen LogP) is 3.92. The Morgan fingerprint density at radius 2 is 1.88 bits per heavy atom. The Morgan fingerprint density at radius 3 is 2.31 bits per heavy atom. The smallest absolute Gasteiger partial charge is 0.0895 e. The Hall–Kier alpha value is -1.22. The molecule has 0 spiro atoms. The molecule has 3 heteroatoms. The zero-order chi connectivity index (χ0) is 12.1. The van der Waals surface area contributed by atoms with Crippen LogP contribution >= 0.6 is 11.8 Å². The van der Waals surface area contributed by atoms with Crippen LogP contribution in [0.15, 0.2) is 45.9 Å². The molecule has 0 unspecified atom stereocenters. The summed E-state index contributed by atoms with van der Waals surface area (Å²) in [5.41, 5.74) is 1.35. The summed E-state index contributed by atoms with van der Waals surface area (Å²) in [5, 5.41) is 6.33. The normalized spacial score (nSPS) is 10.2. The monoisotopic (exact) mass is 234 g/mol. The number of hydrogen-bond acceptors (Lipinski definition) is 3. The first-order valence-electron chi connectivity index (χ1n) is 5.21. The molecule has 0 N–H and O–H groups in total. The minimum atomic E-state index is 0.569. The van der Waals surface area contributed by atoms with Crippen molar-refractivity contribution in [3.63, 3.8) is 0 Å². The van der Waals surface area contributed by atoms with Crippen LogP contribution in [0.1, 0.15) is 25.3 Å². The third kappa shape index (κ3) is 3.42. The maximum Gasteiger partial charge on any atom is 0.0895 e. The molecule has 16 heavy (non-hydrogen) atoms. The van der Waals surface area contributed by atoms with Gasteiger partial charge in [0.2, 0.25) is 0 Å². The first-order chi connectivity index (χ1) is 7.54. The minimum absolute atomic E-state index is 0.569. The van der Waals surface area contributed by atoms with Crippen molar-refractivity contribution in [1.29, 1.82) is 0 Å². The number of benzene rings is 1. The van der Waals surface area contributed by atoms with Crippen molar-refractivity contribution in [2.45, 2.75) is 24.7 Å². The zero-order valence-electron chi connectivity index (χ0n) is 10.1. The van der Waals surface area contributed by atoms with Crippen LogP contribution in [0.4, 0.5) is 0 Å². The van der Waals surface area contributed by atoms with E-state index < -0.39 is 0 Å². The van der Waals surface area contributed by atoms with Crippen molar-refractivity contribution in [3.8, 4) is 0 Å². The van der Waals surface area contributed by atoms with Gasteiger partial charge in [-0.2, -0.15) is 5.10 Å². The lowest BCUT2D eigenvalue weighted by atomic mass is 10.0. The van der Waals surface area contributed by atoms with Crippen LogP contribution in [0.5, 0.6) is 0 Å². The highest BCUT2D eigenvalue weighted by molar-refractivity contribution is 8.03. The van der Waals surface area contributed by atoms with E-state index in [2.05, 4.69) is 56.5 Å². The molecule has 1 aromatic carbocycles. The largest absolute Gasteiger partial charge is 0.263 e. The van der Waals surface area contributed by atoms with E-state index >= 15 is 0 Å². The maximum absolute atomic E-state index is 3.93. The molecule has 0 atom stereocenters. The van der Waals surface area contributed by atoms with Crippen molar-refractivity contribution in [1.82, 2.24) is 5.01 Å². The van der Waals surface area contributed by atoms with Crippen LogP contribution in [0.3, 0.4) is 0 Å². The molecule has 0 aliphatic rings. The second-order valence-corrected chi connectivity index (χ2v) is 5.03. The summed E-state index contributed by atoms with van der Waals surface area (Å²) in [5.74, 6) is 0.569. The number of hydrazone groups is 1. The Morgan fingerprint density at radius 1 is 1.31 bits per heavy atom.